The quantitative estimate of drug-likeness (QED) is 0.412. The summed E-state index contributed by atoms with van der Waals surface area (Å²) in [5.74, 6) is 0. The summed E-state index contributed by atoms with van der Waals surface area (Å²) in [6.07, 6.45) is 1.10. The van der Waals surface area contributed by atoms with Crippen molar-refractivity contribution in [1.82, 2.24) is 0 Å². The van der Waals surface area contributed by atoms with Gasteiger partial charge in [0, 0.05) is 0 Å². The molecule has 3 aromatic rings. The molecule has 1 aromatic heterocycles. The lowest BCUT2D eigenvalue weighted by molar-refractivity contribution is 1.26. The van der Waals surface area contributed by atoms with Crippen molar-refractivity contribution in [3.63, 3.8) is 0 Å². The Hall–Kier alpha value is -1.86. The molecule has 0 saturated heterocycles. The Bertz CT molecular complexity index is 563. The van der Waals surface area contributed by atoms with E-state index in [-0.39, 0.29) is 0 Å². The minimum absolute atomic E-state index is 1.10. The molecule has 0 bridgehead atoms. The first-order valence-corrected chi connectivity index (χ1v) is 7.03. The summed E-state index contributed by atoms with van der Waals surface area (Å²) in [5, 5.41) is 4.08. The summed E-state index contributed by atoms with van der Waals surface area (Å²) in [6, 6.07) is 21.3. The first kappa shape index (κ1) is 11.2. The van der Waals surface area contributed by atoms with Crippen LogP contribution in [0.3, 0.4) is 0 Å². The van der Waals surface area contributed by atoms with Gasteiger partial charge in [0.05, 0.1) is 0 Å². The average molecular weight is 250 g/mol. The van der Waals surface area contributed by atoms with Crippen LogP contribution in [-0.4, -0.2) is 0 Å². The van der Waals surface area contributed by atoms with Crippen molar-refractivity contribution in [3.8, 4) is 11.1 Å². The smallest absolute Gasteiger partial charge is 0.00135 e. The van der Waals surface area contributed by atoms with Crippen LogP contribution in [0.4, 0.5) is 0 Å². The van der Waals surface area contributed by atoms with Crippen LogP contribution in [0.15, 0.2) is 71.4 Å². The summed E-state index contributed by atoms with van der Waals surface area (Å²) >= 11 is 1.71. The fourth-order valence-corrected chi connectivity index (χ4v) is 2.76. The number of hydrogen-bond donors (Lipinski definition) is 0. The van der Waals surface area contributed by atoms with Gasteiger partial charge in [-0.15, -0.1) is 0 Å². The van der Waals surface area contributed by atoms with E-state index in [1.54, 1.807) is 11.3 Å². The van der Waals surface area contributed by atoms with Gasteiger partial charge in [0.2, 0.25) is 0 Å². The van der Waals surface area contributed by atoms with Crippen molar-refractivity contribution in [1.29, 1.82) is 0 Å². The maximum atomic E-state index is 2.22. The van der Waals surface area contributed by atoms with Crippen molar-refractivity contribution in [2.24, 2.45) is 0 Å². The predicted octanol–water partition coefficient (Wildman–Crippen LogP) is 5.01. The molecule has 1 heterocycles. The summed E-state index contributed by atoms with van der Waals surface area (Å²) in [5.41, 5.74) is 5.75. The van der Waals surface area contributed by atoms with Gasteiger partial charge in [0.25, 0.3) is 0 Å². The molecule has 1 heteroatoms. The van der Waals surface area contributed by atoms with Gasteiger partial charge in [-0.25, -0.2) is 0 Å². The molecule has 0 amide bonds. The van der Waals surface area contributed by atoms with Gasteiger partial charge in [0.15, 0.2) is 0 Å². The van der Waals surface area contributed by atoms with Gasteiger partial charge < -0.3 is 0 Å². The largest absolute Gasteiger partial charge is 0.152 e. The van der Waals surface area contributed by atoms with E-state index in [4.69, 9.17) is 0 Å². The third kappa shape index (κ3) is 2.22. The van der Waals surface area contributed by atoms with E-state index in [1.807, 2.05) is 22.9 Å². The molecule has 0 saturated carbocycles. The highest BCUT2D eigenvalue weighted by atomic mass is 32.1. The summed E-state index contributed by atoms with van der Waals surface area (Å²) in [6.45, 7) is 0. The maximum absolute atomic E-state index is 2.22. The first-order valence-electron chi connectivity index (χ1n) is 6.08. The van der Waals surface area contributed by atoms with Gasteiger partial charge in [-0.2, -0.15) is 11.3 Å². The molecule has 1 aliphatic carbocycles. The van der Waals surface area contributed by atoms with Crippen molar-refractivity contribution in [3.05, 3.63) is 82.6 Å². The molecule has 0 atom stereocenters. The molecule has 2 aromatic carbocycles. The van der Waals surface area contributed by atoms with Crippen LogP contribution in [0, 0.1) is 0 Å². The molecule has 0 radical (unpaired) electrons. The van der Waals surface area contributed by atoms with E-state index in [2.05, 4.69) is 48.5 Å². The number of hydrogen-bond acceptors (Lipinski definition) is 1. The van der Waals surface area contributed by atoms with E-state index in [0.717, 1.165) is 6.42 Å². The number of fused-ring (bicyclic) bond motifs is 3. The summed E-state index contributed by atoms with van der Waals surface area (Å²) < 4.78 is 0. The lowest BCUT2D eigenvalue weighted by Crippen LogP contribution is -1.77. The normalized spacial score (nSPS) is 11.1. The van der Waals surface area contributed by atoms with Gasteiger partial charge >= 0.3 is 0 Å². The molecule has 0 N–H and O–H groups in total. The van der Waals surface area contributed by atoms with E-state index in [9.17, 15) is 0 Å². The van der Waals surface area contributed by atoms with Crippen molar-refractivity contribution in [2.75, 3.05) is 0 Å². The molecule has 0 nitrogen and oxygen atoms in total. The highest BCUT2D eigenvalue weighted by Crippen LogP contribution is 2.35. The van der Waals surface area contributed by atoms with Gasteiger partial charge in [-0.1, -0.05) is 60.7 Å². The Morgan fingerprint density at radius 2 is 1.11 bits per heavy atom. The molecular formula is C17H14S. The number of rotatable bonds is 0. The van der Waals surface area contributed by atoms with E-state index in [0.29, 0.717) is 0 Å². The van der Waals surface area contributed by atoms with Crippen molar-refractivity contribution in [2.45, 2.75) is 6.42 Å². The van der Waals surface area contributed by atoms with E-state index >= 15 is 0 Å². The van der Waals surface area contributed by atoms with E-state index in [1.165, 1.54) is 22.3 Å². The Balaban J connectivity index is 0.000000169. The highest BCUT2D eigenvalue weighted by Gasteiger charge is 2.15. The van der Waals surface area contributed by atoms with Crippen molar-refractivity contribution >= 4 is 11.3 Å². The van der Waals surface area contributed by atoms with Crippen LogP contribution in [0.25, 0.3) is 11.1 Å². The zero-order chi connectivity index (χ0) is 12.2. The molecule has 88 valence electrons. The zero-order valence-corrected chi connectivity index (χ0v) is 10.9. The van der Waals surface area contributed by atoms with Crippen LogP contribution in [0.5, 0.6) is 0 Å². The Morgan fingerprint density at radius 3 is 1.56 bits per heavy atom. The molecule has 0 fully saturated rings. The third-order valence-electron chi connectivity index (χ3n) is 3.13. The molecular weight excluding hydrogens is 236 g/mol. The minimum atomic E-state index is 1.10. The van der Waals surface area contributed by atoms with Crippen LogP contribution < -0.4 is 0 Å². The van der Waals surface area contributed by atoms with Gasteiger partial charge in [0.1, 0.15) is 0 Å². The lowest BCUT2D eigenvalue weighted by atomic mass is 10.1. The number of benzene rings is 2. The maximum Gasteiger partial charge on any atom is -0.00135 e. The SMILES string of the molecule is c1ccc2c(c1)Cc1ccccc1-2.c1ccsc1. The van der Waals surface area contributed by atoms with Crippen LogP contribution in [0.1, 0.15) is 11.1 Å². The zero-order valence-electron chi connectivity index (χ0n) is 10.0. The molecule has 0 spiro atoms. The Morgan fingerprint density at radius 1 is 0.611 bits per heavy atom. The molecule has 18 heavy (non-hydrogen) atoms. The highest BCUT2D eigenvalue weighted by molar-refractivity contribution is 7.07. The second-order valence-corrected chi connectivity index (χ2v) is 5.10. The van der Waals surface area contributed by atoms with Crippen molar-refractivity contribution < 1.29 is 0 Å². The topological polar surface area (TPSA) is 0 Å². The van der Waals surface area contributed by atoms with Crippen LogP contribution >= 0.6 is 11.3 Å². The summed E-state index contributed by atoms with van der Waals surface area (Å²) in [4.78, 5) is 0. The third-order valence-corrected chi connectivity index (χ3v) is 3.76. The fourth-order valence-electron chi connectivity index (χ4n) is 2.31. The second kappa shape index (κ2) is 5.19. The molecule has 4 rings (SSSR count). The van der Waals surface area contributed by atoms with E-state index < -0.39 is 0 Å². The lowest BCUT2D eigenvalue weighted by Gasteiger charge is -1.98. The predicted molar refractivity (Wildman–Crippen MR) is 79.0 cm³/mol. The average Bonchev–Trinajstić information content (AvgIpc) is 3.10. The van der Waals surface area contributed by atoms with Gasteiger partial charge in [-0.3, -0.25) is 0 Å². The monoisotopic (exact) mass is 250 g/mol. The Kier molecular flexibility index (Phi) is 3.24. The molecule has 0 aliphatic heterocycles. The molecule has 1 aliphatic rings. The minimum Gasteiger partial charge on any atom is -0.152 e. The number of thiophene rings is 1. The standard InChI is InChI=1S/C13H10.C4H4S/c1-3-7-12-10(5-1)9-11-6-2-4-8-13(11)12;1-2-4-5-3-1/h1-8H,9H2;1-4H. The Labute approximate surface area is 112 Å². The molecule has 0 unspecified atom stereocenters. The summed E-state index contributed by atoms with van der Waals surface area (Å²) in [7, 11) is 0. The van der Waals surface area contributed by atoms with Crippen LogP contribution in [0.2, 0.25) is 0 Å². The first-order chi connectivity index (χ1) is 8.95. The van der Waals surface area contributed by atoms with Gasteiger partial charge in [-0.05, 0) is 39.4 Å². The van der Waals surface area contributed by atoms with Crippen LogP contribution in [-0.2, 0) is 6.42 Å². The second-order valence-electron chi connectivity index (χ2n) is 4.28. The fraction of sp³-hybridized carbons (Fsp3) is 0.0588.